The fourth-order valence-corrected chi connectivity index (χ4v) is 0. The first kappa shape index (κ1) is 10.2. The third kappa shape index (κ3) is 6.14. The Balaban J connectivity index is 0. The number of hydrogen-bond acceptors (Lipinski definition) is 3. The zero-order valence-corrected chi connectivity index (χ0v) is 6.32. The van der Waals surface area contributed by atoms with Gasteiger partial charge in [0.25, 0.3) is 0 Å². The topological polar surface area (TPSA) is 64.0 Å². The van der Waals surface area contributed by atoms with E-state index in [1.165, 1.54) is 0 Å². The predicted octanol–water partition coefficient (Wildman–Crippen LogP) is -4.22. The van der Waals surface area contributed by atoms with Crippen molar-refractivity contribution in [1.82, 2.24) is 0 Å². The predicted molar refractivity (Wildman–Crippen MR) is 18.4 cm³/mol. The maximum Gasteiger partial charge on any atom is 1.00 e. The summed E-state index contributed by atoms with van der Waals surface area (Å²) in [6.07, 6.45) is 0. The van der Waals surface area contributed by atoms with E-state index in [1.807, 2.05) is 0 Å². The van der Waals surface area contributed by atoms with Gasteiger partial charge >= 0.3 is 29.6 Å². The average molecular weight is 109 g/mol. The summed E-state index contributed by atoms with van der Waals surface area (Å²) < 4.78 is 0. The van der Waals surface area contributed by atoms with Gasteiger partial charge < -0.3 is 15.3 Å². The van der Waals surface area contributed by atoms with Crippen LogP contribution in [0.4, 0.5) is 0 Å². The molecule has 4 heteroatoms. The van der Waals surface area contributed by atoms with Crippen molar-refractivity contribution in [2.75, 3.05) is 0 Å². The third-order valence-corrected chi connectivity index (χ3v) is 0.306. The molecule has 1 N–H and O–H groups in total. The summed E-state index contributed by atoms with van der Waals surface area (Å²) >= 11 is 0. The minimum atomic E-state index is -1.41. The second-order valence-corrected chi connectivity index (χ2v) is 0.912. The number of carbonyl (C=O) groups is 1. The molecule has 7 heavy (non-hydrogen) atoms. The fraction of sp³-hybridized carbons (Fsp3) is 0.333. The van der Waals surface area contributed by atoms with E-state index < -0.39 is 11.7 Å². The minimum Gasteiger partial charge on any atom is -0.544 e. The van der Waals surface area contributed by atoms with E-state index in [-0.39, 0.29) is 29.6 Å². The largest absolute Gasteiger partial charge is 1.00 e. The molecular weight excluding hydrogens is 105 g/mol. The first-order chi connectivity index (χ1) is 2.64. The molecule has 0 amide bonds. The molecule has 0 rings (SSSR count). The van der Waals surface area contributed by atoms with E-state index in [4.69, 9.17) is 5.41 Å². The van der Waals surface area contributed by atoms with Crippen LogP contribution >= 0.6 is 0 Å². The summed E-state index contributed by atoms with van der Waals surface area (Å²) in [4.78, 5) is 9.36. The molecule has 0 bridgehead atoms. The van der Waals surface area contributed by atoms with Gasteiger partial charge in [0.1, 0.15) is 0 Å². The Morgan fingerprint density at radius 1 is 1.71 bits per heavy atom. The van der Waals surface area contributed by atoms with Crippen molar-refractivity contribution < 1.29 is 39.5 Å². The maximum atomic E-state index is 9.36. The van der Waals surface area contributed by atoms with Gasteiger partial charge in [-0.3, -0.25) is 0 Å². The van der Waals surface area contributed by atoms with Crippen LogP contribution in [0.1, 0.15) is 6.92 Å². The first-order valence-corrected chi connectivity index (χ1v) is 1.41. The molecule has 0 atom stereocenters. The molecule has 0 fully saturated rings. The average Bonchev–Trinajstić information content (AvgIpc) is 1.36. The second-order valence-electron chi connectivity index (χ2n) is 0.912. The van der Waals surface area contributed by atoms with Crippen LogP contribution in [0.3, 0.4) is 0 Å². The summed E-state index contributed by atoms with van der Waals surface area (Å²) in [5, 5.41) is 15.7. The summed E-state index contributed by atoms with van der Waals surface area (Å²) in [6.45, 7) is 1.16. The van der Waals surface area contributed by atoms with Crippen LogP contribution < -0.4 is 34.7 Å². The molecule has 0 saturated carbocycles. The van der Waals surface area contributed by atoms with Gasteiger partial charge in [0, 0.05) is 0 Å². The molecule has 0 aromatic carbocycles. The van der Waals surface area contributed by atoms with Crippen LogP contribution in [0.5, 0.6) is 0 Å². The molecule has 0 spiro atoms. The van der Waals surface area contributed by atoms with Crippen LogP contribution in [0.15, 0.2) is 0 Å². The van der Waals surface area contributed by atoms with Gasteiger partial charge in [0.2, 0.25) is 0 Å². The van der Waals surface area contributed by atoms with E-state index in [1.54, 1.807) is 0 Å². The van der Waals surface area contributed by atoms with Crippen LogP contribution in [0, 0.1) is 5.41 Å². The minimum absolute atomic E-state index is 0. The molecule has 0 heterocycles. The normalized spacial score (nSPS) is 6.43. The van der Waals surface area contributed by atoms with Gasteiger partial charge in [-0.05, 0) is 6.92 Å². The number of carbonyl (C=O) groups excluding carboxylic acids is 1. The maximum absolute atomic E-state index is 9.36. The molecule has 0 unspecified atom stereocenters. The Kier molecular flexibility index (Phi) is 6.26. The monoisotopic (exact) mass is 109 g/mol. The van der Waals surface area contributed by atoms with Crippen LogP contribution in [0.2, 0.25) is 0 Å². The second kappa shape index (κ2) is 4.30. The number of nitrogens with one attached hydrogen (secondary N) is 1. The molecule has 34 valence electrons. The molecule has 0 aromatic heterocycles. The summed E-state index contributed by atoms with van der Waals surface area (Å²) in [7, 11) is 0. The number of rotatable bonds is 1. The van der Waals surface area contributed by atoms with E-state index in [9.17, 15) is 9.90 Å². The first-order valence-electron chi connectivity index (χ1n) is 1.41. The van der Waals surface area contributed by atoms with Crippen LogP contribution in [-0.4, -0.2) is 11.7 Å². The zero-order valence-electron chi connectivity index (χ0n) is 4.32. The van der Waals surface area contributed by atoms with E-state index in [2.05, 4.69) is 0 Å². The molecule has 0 aliphatic carbocycles. The van der Waals surface area contributed by atoms with Crippen LogP contribution in [-0.2, 0) is 4.79 Å². The van der Waals surface area contributed by atoms with Crippen molar-refractivity contribution >= 4 is 11.7 Å². The van der Waals surface area contributed by atoms with Gasteiger partial charge in [-0.15, -0.1) is 0 Å². The standard InChI is InChI=1S/C3H5NO2.Na/c1-2(4)3(5)6;/h4H,1H3,(H,5,6);/q;+1/p-1. The summed E-state index contributed by atoms with van der Waals surface area (Å²) in [5.74, 6) is -1.41. The van der Waals surface area contributed by atoms with Crippen molar-refractivity contribution in [3.63, 3.8) is 0 Å². The molecule has 0 aliphatic heterocycles. The summed E-state index contributed by atoms with van der Waals surface area (Å²) in [6, 6.07) is 0. The van der Waals surface area contributed by atoms with Gasteiger partial charge in [-0.25, -0.2) is 0 Å². The Labute approximate surface area is 63.5 Å². The quantitative estimate of drug-likeness (QED) is 0.274. The number of carboxylic acid groups (broad SMARTS) is 1. The Morgan fingerprint density at radius 3 is 1.86 bits per heavy atom. The van der Waals surface area contributed by atoms with Gasteiger partial charge in [0.05, 0.1) is 11.7 Å². The Hall–Kier alpha value is 0.140. The Bertz CT molecular complexity index is 78.9. The van der Waals surface area contributed by atoms with E-state index in [0.717, 1.165) is 6.92 Å². The van der Waals surface area contributed by atoms with E-state index >= 15 is 0 Å². The third-order valence-electron chi connectivity index (χ3n) is 0.306. The molecular formula is C3H4NNaO2. The summed E-state index contributed by atoms with van der Waals surface area (Å²) in [5.41, 5.74) is -0.435. The van der Waals surface area contributed by atoms with Crippen molar-refractivity contribution in [3.8, 4) is 0 Å². The number of hydrogen-bond donors (Lipinski definition) is 1. The van der Waals surface area contributed by atoms with Crippen molar-refractivity contribution in [3.05, 3.63) is 0 Å². The van der Waals surface area contributed by atoms with Gasteiger partial charge in [-0.1, -0.05) is 0 Å². The molecule has 0 radical (unpaired) electrons. The number of aliphatic carboxylic acids is 1. The van der Waals surface area contributed by atoms with Gasteiger partial charge in [-0.2, -0.15) is 0 Å². The van der Waals surface area contributed by atoms with E-state index in [0.29, 0.717) is 0 Å². The fourth-order valence-electron chi connectivity index (χ4n) is 0. The molecule has 0 aliphatic rings. The molecule has 0 saturated heterocycles. The smallest absolute Gasteiger partial charge is 0.544 e. The zero-order chi connectivity index (χ0) is 5.15. The Morgan fingerprint density at radius 2 is 1.86 bits per heavy atom. The van der Waals surface area contributed by atoms with Crippen molar-refractivity contribution in [2.45, 2.75) is 6.92 Å². The molecule has 0 aromatic rings. The molecule has 3 nitrogen and oxygen atoms in total. The van der Waals surface area contributed by atoms with Crippen molar-refractivity contribution in [1.29, 1.82) is 5.41 Å². The van der Waals surface area contributed by atoms with Crippen LogP contribution in [0.25, 0.3) is 0 Å². The van der Waals surface area contributed by atoms with Gasteiger partial charge in [0.15, 0.2) is 0 Å². The van der Waals surface area contributed by atoms with Crippen molar-refractivity contribution in [2.24, 2.45) is 0 Å². The SMILES string of the molecule is CC(=N)C(=O)[O-].[Na+]. The number of carboxylic acids is 1.